The minimum Gasteiger partial charge on any atom is -0.295 e. The zero-order valence-corrected chi connectivity index (χ0v) is 15.7. The molecule has 25 heavy (non-hydrogen) atoms. The van der Waals surface area contributed by atoms with Crippen molar-refractivity contribution in [3.05, 3.63) is 71.3 Å². The molecule has 0 unspecified atom stereocenters. The summed E-state index contributed by atoms with van der Waals surface area (Å²) in [5.41, 5.74) is 4.11. The molecule has 1 aliphatic rings. The van der Waals surface area contributed by atoms with Gasteiger partial charge in [0.15, 0.2) is 0 Å². The second-order valence-corrected chi connectivity index (χ2v) is 7.83. The van der Waals surface area contributed by atoms with E-state index in [1.165, 1.54) is 16.7 Å². The molecular formula is C22H29N3. The first-order valence-electron chi connectivity index (χ1n) is 9.16. The second kappa shape index (κ2) is 7.83. The highest BCUT2D eigenvalue weighted by atomic mass is 15.5. The van der Waals surface area contributed by atoms with Crippen LogP contribution in [0, 0.1) is 0 Å². The molecule has 0 radical (unpaired) electrons. The fraction of sp³-hybridized carbons (Fsp3) is 0.409. The van der Waals surface area contributed by atoms with Gasteiger partial charge in [0.25, 0.3) is 0 Å². The minimum atomic E-state index is 0.199. The van der Waals surface area contributed by atoms with Crippen LogP contribution in [-0.2, 0) is 12.0 Å². The Labute approximate surface area is 152 Å². The Balaban J connectivity index is 1.49. The van der Waals surface area contributed by atoms with E-state index in [4.69, 9.17) is 0 Å². The normalized spacial score (nSPS) is 16.5. The van der Waals surface area contributed by atoms with Gasteiger partial charge in [0.05, 0.1) is 6.21 Å². The van der Waals surface area contributed by atoms with Gasteiger partial charge >= 0.3 is 0 Å². The first kappa shape index (κ1) is 17.7. The van der Waals surface area contributed by atoms with E-state index in [-0.39, 0.29) is 5.41 Å². The van der Waals surface area contributed by atoms with Gasteiger partial charge in [-0.2, -0.15) is 5.10 Å². The molecule has 1 heterocycles. The largest absolute Gasteiger partial charge is 0.295 e. The Morgan fingerprint density at radius 2 is 1.52 bits per heavy atom. The van der Waals surface area contributed by atoms with Gasteiger partial charge in [0, 0.05) is 32.7 Å². The van der Waals surface area contributed by atoms with Crippen LogP contribution in [0.2, 0.25) is 0 Å². The molecule has 0 aliphatic carbocycles. The first-order valence-corrected chi connectivity index (χ1v) is 9.16. The molecule has 0 spiro atoms. The molecule has 3 rings (SSSR count). The average Bonchev–Trinajstić information content (AvgIpc) is 2.62. The van der Waals surface area contributed by atoms with Gasteiger partial charge < -0.3 is 0 Å². The van der Waals surface area contributed by atoms with E-state index < -0.39 is 0 Å². The molecule has 2 aromatic rings. The lowest BCUT2D eigenvalue weighted by molar-refractivity contribution is 0.131. The van der Waals surface area contributed by atoms with Gasteiger partial charge in [-0.25, -0.2) is 0 Å². The van der Waals surface area contributed by atoms with E-state index in [1.54, 1.807) is 0 Å². The molecule has 0 amide bonds. The standard InChI is InChI=1S/C22H29N3/c1-22(2,3)21-11-9-19(10-12-21)17-23-25-15-13-24(14-16-25)18-20-7-5-4-6-8-20/h4-12,17H,13-16,18H2,1-3H3/b23-17-. The molecule has 1 aliphatic heterocycles. The fourth-order valence-corrected chi connectivity index (χ4v) is 3.07. The molecule has 0 saturated carbocycles. The van der Waals surface area contributed by atoms with Crippen LogP contribution in [0.15, 0.2) is 59.7 Å². The lowest BCUT2D eigenvalue weighted by Gasteiger charge is -2.33. The lowest BCUT2D eigenvalue weighted by Crippen LogP contribution is -2.43. The quantitative estimate of drug-likeness (QED) is 0.782. The van der Waals surface area contributed by atoms with Crippen LogP contribution in [0.1, 0.15) is 37.5 Å². The van der Waals surface area contributed by atoms with Crippen LogP contribution in [0.3, 0.4) is 0 Å². The summed E-state index contributed by atoms with van der Waals surface area (Å²) in [6.07, 6.45) is 1.99. The van der Waals surface area contributed by atoms with Crippen LogP contribution >= 0.6 is 0 Å². The molecule has 1 fully saturated rings. The van der Waals surface area contributed by atoms with E-state index in [1.807, 2.05) is 6.21 Å². The predicted octanol–water partition coefficient (Wildman–Crippen LogP) is 4.14. The summed E-state index contributed by atoms with van der Waals surface area (Å²) in [5.74, 6) is 0. The Hall–Kier alpha value is -2.13. The zero-order chi connectivity index (χ0) is 17.7. The summed E-state index contributed by atoms with van der Waals surface area (Å²) >= 11 is 0. The number of rotatable bonds is 4. The maximum atomic E-state index is 4.67. The van der Waals surface area contributed by atoms with Crippen LogP contribution in [0.25, 0.3) is 0 Å². The number of hydrazone groups is 1. The van der Waals surface area contributed by atoms with Gasteiger partial charge in [-0.15, -0.1) is 0 Å². The molecule has 3 nitrogen and oxygen atoms in total. The molecule has 1 saturated heterocycles. The maximum absolute atomic E-state index is 4.67. The Morgan fingerprint density at radius 3 is 2.12 bits per heavy atom. The second-order valence-electron chi connectivity index (χ2n) is 7.83. The van der Waals surface area contributed by atoms with Crippen molar-refractivity contribution >= 4 is 6.21 Å². The summed E-state index contributed by atoms with van der Waals surface area (Å²) in [6, 6.07) is 19.4. The molecule has 0 bridgehead atoms. The third kappa shape index (κ3) is 5.17. The summed E-state index contributed by atoms with van der Waals surface area (Å²) in [6.45, 7) is 11.9. The van der Waals surface area contributed by atoms with Crippen molar-refractivity contribution in [1.29, 1.82) is 0 Å². The van der Waals surface area contributed by atoms with E-state index in [0.29, 0.717) is 0 Å². The molecule has 3 heteroatoms. The van der Waals surface area contributed by atoms with E-state index in [0.717, 1.165) is 32.7 Å². The Kier molecular flexibility index (Phi) is 5.54. The van der Waals surface area contributed by atoms with Crippen molar-refractivity contribution in [1.82, 2.24) is 9.91 Å². The maximum Gasteiger partial charge on any atom is 0.0542 e. The summed E-state index contributed by atoms with van der Waals surface area (Å²) in [4.78, 5) is 2.50. The van der Waals surface area contributed by atoms with Gasteiger partial charge in [0.2, 0.25) is 0 Å². The average molecular weight is 335 g/mol. The van der Waals surface area contributed by atoms with Gasteiger partial charge in [-0.05, 0) is 22.1 Å². The summed E-state index contributed by atoms with van der Waals surface area (Å²) < 4.78 is 0. The number of piperazine rings is 1. The molecule has 0 aromatic heterocycles. The Morgan fingerprint density at radius 1 is 0.880 bits per heavy atom. The number of hydrogen-bond acceptors (Lipinski definition) is 3. The van der Waals surface area contributed by atoms with E-state index in [2.05, 4.69) is 90.4 Å². The molecule has 2 aromatic carbocycles. The van der Waals surface area contributed by atoms with Crippen LogP contribution in [0.4, 0.5) is 0 Å². The Bertz CT molecular complexity index is 675. The summed E-state index contributed by atoms with van der Waals surface area (Å²) in [5, 5.41) is 6.85. The highest BCUT2D eigenvalue weighted by Gasteiger charge is 2.15. The lowest BCUT2D eigenvalue weighted by atomic mass is 9.87. The third-order valence-corrected chi connectivity index (χ3v) is 4.74. The van der Waals surface area contributed by atoms with E-state index in [9.17, 15) is 0 Å². The molecular weight excluding hydrogens is 306 g/mol. The minimum absolute atomic E-state index is 0.199. The highest BCUT2D eigenvalue weighted by Crippen LogP contribution is 2.21. The van der Waals surface area contributed by atoms with Crippen molar-refractivity contribution in [2.75, 3.05) is 26.2 Å². The predicted molar refractivity (Wildman–Crippen MR) is 106 cm³/mol. The van der Waals surface area contributed by atoms with Crippen molar-refractivity contribution in [2.24, 2.45) is 5.10 Å². The van der Waals surface area contributed by atoms with Crippen LogP contribution in [-0.4, -0.2) is 42.3 Å². The van der Waals surface area contributed by atoms with Crippen molar-refractivity contribution in [3.63, 3.8) is 0 Å². The van der Waals surface area contributed by atoms with Gasteiger partial charge in [-0.3, -0.25) is 9.91 Å². The number of hydrogen-bond donors (Lipinski definition) is 0. The monoisotopic (exact) mass is 335 g/mol. The molecule has 0 N–H and O–H groups in total. The first-order chi connectivity index (χ1) is 12.0. The number of benzene rings is 2. The van der Waals surface area contributed by atoms with Crippen molar-refractivity contribution < 1.29 is 0 Å². The van der Waals surface area contributed by atoms with Crippen LogP contribution < -0.4 is 0 Å². The van der Waals surface area contributed by atoms with Crippen molar-refractivity contribution in [2.45, 2.75) is 32.7 Å². The topological polar surface area (TPSA) is 18.8 Å². The summed E-state index contributed by atoms with van der Waals surface area (Å²) in [7, 11) is 0. The molecule has 132 valence electrons. The van der Waals surface area contributed by atoms with Crippen LogP contribution in [0.5, 0.6) is 0 Å². The third-order valence-electron chi connectivity index (χ3n) is 4.74. The van der Waals surface area contributed by atoms with E-state index >= 15 is 0 Å². The number of nitrogens with zero attached hydrogens (tertiary/aromatic N) is 3. The molecule has 0 atom stereocenters. The SMILES string of the molecule is CC(C)(C)c1ccc(/C=N\N2CCN(Cc3ccccc3)CC2)cc1. The fourth-order valence-electron chi connectivity index (χ4n) is 3.07. The smallest absolute Gasteiger partial charge is 0.0542 e. The zero-order valence-electron chi connectivity index (χ0n) is 15.7. The highest BCUT2D eigenvalue weighted by molar-refractivity contribution is 5.79. The van der Waals surface area contributed by atoms with Crippen molar-refractivity contribution in [3.8, 4) is 0 Å². The van der Waals surface area contributed by atoms with Gasteiger partial charge in [0.1, 0.15) is 0 Å². The van der Waals surface area contributed by atoms with Gasteiger partial charge in [-0.1, -0.05) is 75.4 Å².